The lowest BCUT2D eigenvalue weighted by Gasteiger charge is -2.17. The second kappa shape index (κ2) is 26.6. The fourth-order valence-electron chi connectivity index (χ4n) is 19.0. The SMILES string of the molecule is [C-]#[N+]c1cccc(-c2nc(-c3cc(-n4c5ccc(-c6ccccc6)cc5c5cc(-c6ccc7c(c6)c6cc(-c8ccccc8)ccc6n7-c6ccccc6)ccc54)cc(-n4c5ccc(-c6ccccc6)cc5c5cc(-c6ccc7c(c6)c6cc(-c8ccccc8)ccc6n7-c6ccccc6)ccc54)c3)nc3c2-c2cccc4cccc-3c24)c1. The van der Waals surface area contributed by atoms with Crippen molar-refractivity contribution in [2.24, 2.45) is 0 Å². The number of para-hydroxylation sites is 2. The molecule has 118 heavy (non-hydrogen) atoms. The van der Waals surface area contributed by atoms with Gasteiger partial charge in [0, 0.05) is 82.5 Å². The Morgan fingerprint density at radius 3 is 0.831 bits per heavy atom. The molecule has 5 heterocycles. The van der Waals surface area contributed by atoms with Crippen LogP contribution in [0.4, 0.5) is 5.69 Å². The highest BCUT2D eigenvalue weighted by molar-refractivity contribution is 6.19. The Bertz CT molecular complexity index is 7760. The minimum Gasteiger partial charge on any atom is -0.309 e. The molecule has 1 aliphatic carbocycles. The molecule has 0 unspecified atom stereocenters. The summed E-state index contributed by atoms with van der Waals surface area (Å²) in [6.45, 7) is 8.28. The maximum atomic E-state index is 8.28. The van der Waals surface area contributed by atoms with E-state index in [1.165, 1.54) is 43.8 Å². The molecule has 24 rings (SSSR count). The maximum absolute atomic E-state index is 8.28. The van der Waals surface area contributed by atoms with Crippen molar-refractivity contribution in [2.45, 2.75) is 0 Å². The van der Waals surface area contributed by atoms with Crippen LogP contribution in [0.5, 0.6) is 0 Å². The molecule has 7 nitrogen and oxygen atoms in total. The van der Waals surface area contributed by atoms with E-state index in [1.54, 1.807) is 0 Å². The van der Waals surface area contributed by atoms with Crippen LogP contribution in [0.2, 0.25) is 0 Å². The van der Waals surface area contributed by atoms with Crippen molar-refractivity contribution in [3.05, 3.63) is 418 Å². The molecule has 18 aromatic carbocycles. The molecule has 0 spiro atoms. The van der Waals surface area contributed by atoms with Crippen LogP contribution in [0.25, 0.3) is 237 Å². The van der Waals surface area contributed by atoms with E-state index in [1.807, 2.05) is 18.2 Å². The van der Waals surface area contributed by atoms with Crippen molar-refractivity contribution in [3.8, 4) is 135 Å². The van der Waals surface area contributed by atoms with Gasteiger partial charge in [0.2, 0.25) is 0 Å². The van der Waals surface area contributed by atoms with Crippen molar-refractivity contribution in [1.29, 1.82) is 0 Å². The molecule has 0 saturated carbocycles. The highest BCUT2D eigenvalue weighted by Gasteiger charge is 2.30. The number of rotatable bonds is 12. The van der Waals surface area contributed by atoms with Gasteiger partial charge in [-0.3, -0.25) is 0 Å². The first-order valence-electron chi connectivity index (χ1n) is 40.2. The van der Waals surface area contributed by atoms with Crippen LogP contribution in [-0.4, -0.2) is 28.2 Å². The summed E-state index contributed by atoms with van der Waals surface area (Å²) in [4.78, 5) is 15.6. The van der Waals surface area contributed by atoms with Crippen molar-refractivity contribution in [3.63, 3.8) is 0 Å². The van der Waals surface area contributed by atoms with Crippen LogP contribution in [-0.2, 0) is 0 Å². The van der Waals surface area contributed by atoms with E-state index in [9.17, 15) is 0 Å². The molecule has 23 aromatic rings. The first kappa shape index (κ1) is 66.6. The van der Waals surface area contributed by atoms with Crippen molar-refractivity contribution in [2.75, 3.05) is 0 Å². The van der Waals surface area contributed by atoms with Crippen LogP contribution in [0.15, 0.2) is 406 Å². The Hall–Kier alpha value is -16.0. The zero-order valence-corrected chi connectivity index (χ0v) is 63.8. The number of aromatic nitrogens is 6. The summed E-state index contributed by atoms with van der Waals surface area (Å²) in [6.07, 6.45) is 0. The highest BCUT2D eigenvalue weighted by atomic mass is 15.0. The molecule has 0 bridgehead atoms. The third-order valence-corrected chi connectivity index (χ3v) is 24.4. The fraction of sp³-hybridized carbons (Fsp3) is 0. The topological polar surface area (TPSA) is 49.9 Å². The normalized spacial score (nSPS) is 11.9. The van der Waals surface area contributed by atoms with Crippen molar-refractivity contribution < 1.29 is 0 Å². The van der Waals surface area contributed by atoms with E-state index in [2.05, 4.69) is 411 Å². The number of hydrogen-bond donors (Lipinski definition) is 0. The number of hydrogen-bond acceptors (Lipinski definition) is 2. The smallest absolute Gasteiger partial charge is 0.187 e. The largest absolute Gasteiger partial charge is 0.309 e. The first-order chi connectivity index (χ1) is 58.4. The lowest BCUT2D eigenvalue weighted by molar-refractivity contribution is 1.12. The molecule has 1 aliphatic rings. The molecule has 0 atom stereocenters. The van der Waals surface area contributed by atoms with Gasteiger partial charge in [0.25, 0.3) is 0 Å². The van der Waals surface area contributed by atoms with Gasteiger partial charge in [-0.15, -0.1) is 0 Å². The molecular weight excluding hydrogens is 1430 g/mol. The van der Waals surface area contributed by atoms with Gasteiger partial charge in [-0.05, 0) is 234 Å². The van der Waals surface area contributed by atoms with Crippen LogP contribution in [0, 0.1) is 6.57 Å². The van der Waals surface area contributed by atoms with E-state index in [-0.39, 0.29) is 0 Å². The second-order valence-electron chi connectivity index (χ2n) is 31.1. The molecule has 0 N–H and O–H groups in total. The number of fused-ring (bicyclic) bond motifs is 15. The van der Waals surface area contributed by atoms with Crippen LogP contribution in [0.1, 0.15) is 0 Å². The summed E-state index contributed by atoms with van der Waals surface area (Å²) in [5, 5.41) is 11.5. The Kier molecular flexibility index (Phi) is 15.0. The Morgan fingerprint density at radius 1 is 0.203 bits per heavy atom. The standard InChI is InChI=1S/C111H67N7/c1-112-84-34-20-33-82(57-84)109-108-89-39-21-31-73-32-22-40-90(107(73)89)110(108)114-111(113-109)83-58-87(117-103-51-43-76(71-27-12-4-13-28-71)62-93(103)97-66-80(47-55-105(97)117)78-45-53-101-95(64-78)91-60-74(69-23-8-2-9-24-69)41-49-99(91)115(101)85-35-16-6-17-36-85)68-88(59-83)118-104-52-44-77(72-29-14-5-15-30-72)63-94(104)98-67-81(48-56-106(98)118)79-46-54-102-96(65-79)92-61-75(70-25-10-3-11-26-70)42-50-100(92)116(102)86-37-18-7-19-38-86/h2-68H. The first-order valence-corrected chi connectivity index (χ1v) is 40.2. The third-order valence-electron chi connectivity index (χ3n) is 24.4. The van der Waals surface area contributed by atoms with Gasteiger partial charge in [0.15, 0.2) is 11.5 Å². The van der Waals surface area contributed by atoms with Gasteiger partial charge in [-0.1, -0.05) is 261 Å². The molecule has 0 saturated heterocycles. The second-order valence-corrected chi connectivity index (χ2v) is 31.1. The van der Waals surface area contributed by atoms with Gasteiger partial charge in [-0.2, -0.15) is 0 Å². The highest BCUT2D eigenvalue weighted by Crippen LogP contribution is 2.52. The third kappa shape index (κ3) is 10.6. The van der Waals surface area contributed by atoms with Gasteiger partial charge >= 0.3 is 0 Å². The zero-order chi connectivity index (χ0) is 77.6. The number of benzene rings is 18. The predicted molar refractivity (Wildman–Crippen MR) is 491 cm³/mol. The van der Waals surface area contributed by atoms with Gasteiger partial charge in [0.1, 0.15) is 0 Å². The predicted octanol–water partition coefficient (Wildman–Crippen LogP) is 29.6. The molecule has 5 aromatic heterocycles. The summed E-state index contributed by atoms with van der Waals surface area (Å²) < 4.78 is 9.75. The maximum Gasteiger partial charge on any atom is 0.187 e. The van der Waals surface area contributed by atoms with Crippen molar-refractivity contribution >= 4 is 104 Å². The lowest BCUT2D eigenvalue weighted by atomic mass is 9.98. The zero-order valence-electron chi connectivity index (χ0n) is 63.8. The summed E-state index contributed by atoms with van der Waals surface area (Å²) in [5.74, 6) is 0.568. The average molecular weight is 1500 g/mol. The summed E-state index contributed by atoms with van der Waals surface area (Å²) in [7, 11) is 0. The van der Waals surface area contributed by atoms with E-state index >= 15 is 0 Å². The quantitative estimate of drug-likeness (QED) is 0.114. The minimum absolute atomic E-state index is 0.543. The molecule has 0 fully saturated rings. The van der Waals surface area contributed by atoms with Gasteiger partial charge in [-0.25, -0.2) is 14.8 Å². The van der Waals surface area contributed by atoms with E-state index in [4.69, 9.17) is 16.5 Å². The van der Waals surface area contributed by atoms with Crippen LogP contribution < -0.4 is 0 Å². The van der Waals surface area contributed by atoms with Gasteiger partial charge in [0.05, 0.1) is 62.1 Å². The van der Waals surface area contributed by atoms with Crippen LogP contribution >= 0.6 is 0 Å². The fourth-order valence-corrected chi connectivity index (χ4v) is 19.0. The van der Waals surface area contributed by atoms with E-state index in [0.717, 1.165) is 183 Å². The lowest BCUT2D eigenvalue weighted by Crippen LogP contribution is -2.02. The van der Waals surface area contributed by atoms with E-state index in [0.29, 0.717) is 11.5 Å². The van der Waals surface area contributed by atoms with Gasteiger partial charge < -0.3 is 18.3 Å². The Balaban J connectivity index is 0.753. The van der Waals surface area contributed by atoms with Crippen LogP contribution in [0.3, 0.4) is 0 Å². The number of nitrogens with zero attached hydrogens (tertiary/aromatic N) is 7. The monoisotopic (exact) mass is 1500 g/mol. The summed E-state index contributed by atoms with van der Waals surface area (Å²) in [5.41, 5.74) is 33.6. The molecular formula is C111H67N7. The minimum atomic E-state index is 0.543. The molecule has 0 radical (unpaired) electrons. The Labute approximate surface area is 679 Å². The summed E-state index contributed by atoms with van der Waals surface area (Å²) >= 11 is 0. The molecule has 546 valence electrons. The molecule has 7 heteroatoms. The Morgan fingerprint density at radius 2 is 0.492 bits per heavy atom. The average Bonchev–Trinajstić information content (AvgIpc) is 1.56. The molecule has 0 amide bonds. The molecule has 0 aliphatic heterocycles. The van der Waals surface area contributed by atoms with E-state index < -0.39 is 0 Å². The van der Waals surface area contributed by atoms with Crippen molar-refractivity contribution in [1.82, 2.24) is 28.2 Å². The summed E-state index contributed by atoms with van der Waals surface area (Å²) in [6, 6.07) is 148.